The lowest BCUT2D eigenvalue weighted by Crippen LogP contribution is -2.53. The normalized spacial score (nSPS) is 18.9. The highest BCUT2D eigenvalue weighted by molar-refractivity contribution is 5.76. The molecule has 0 aromatic carbocycles. The molecule has 0 bridgehead atoms. The van der Waals surface area contributed by atoms with Crippen LogP contribution in [0.1, 0.15) is 42.4 Å². The predicted molar refractivity (Wildman–Crippen MR) is 135 cm³/mol. The molecule has 186 valence electrons. The number of hydrogen-bond donors (Lipinski definition) is 0. The average Bonchev–Trinajstić information content (AvgIpc) is 3.62. The maximum atomic E-state index is 9.65. The first-order chi connectivity index (χ1) is 18.1. The number of rotatable bonds is 6. The van der Waals surface area contributed by atoms with Crippen LogP contribution >= 0.6 is 0 Å². The summed E-state index contributed by atoms with van der Waals surface area (Å²) in [4.78, 5) is 8.71. The van der Waals surface area contributed by atoms with E-state index in [0.29, 0.717) is 28.9 Å². The van der Waals surface area contributed by atoms with Crippen LogP contribution in [0.4, 0.5) is 0 Å². The quantitative estimate of drug-likeness (QED) is 0.376. The minimum Gasteiger partial charge on any atom is -0.482 e. The summed E-state index contributed by atoms with van der Waals surface area (Å²) in [6.45, 7) is 7.57. The Morgan fingerprint density at radius 3 is 2.70 bits per heavy atom. The molecule has 0 amide bonds. The predicted octanol–water partition coefficient (Wildman–Crippen LogP) is 3.32. The van der Waals surface area contributed by atoms with Crippen molar-refractivity contribution in [1.82, 2.24) is 34.2 Å². The van der Waals surface area contributed by atoms with E-state index in [1.165, 1.54) is 0 Å². The number of fused-ring (bicyclic) bond motifs is 1. The molecule has 0 radical (unpaired) electrons. The molecule has 0 unspecified atom stereocenters. The minimum absolute atomic E-state index is 0.306. The standard InChI is InChI=1S/C27H27N9O/c1-18-24(12-32-36(18)23-15-34(16-23)22-6-8-33(14-22)17-29)20-9-26(27-21(10-28)11-31-35(27)13-20)37-19(2)25-5-3-4-7-30-25/h3-5,7,9,11-13,19,22-23H,6,8,14-16H2,1-2H3/t19-,22-/m1/s1. The molecule has 0 spiro atoms. The minimum atomic E-state index is -0.306. The number of ether oxygens (including phenoxy) is 1. The third-order valence-corrected chi connectivity index (χ3v) is 7.52. The van der Waals surface area contributed by atoms with Gasteiger partial charge in [0.25, 0.3) is 0 Å². The third kappa shape index (κ3) is 4.05. The summed E-state index contributed by atoms with van der Waals surface area (Å²) in [6.07, 6.45) is 10.1. The molecule has 2 saturated heterocycles. The zero-order valence-corrected chi connectivity index (χ0v) is 20.8. The van der Waals surface area contributed by atoms with Gasteiger partial charge in [-0.2, -0.15) is 20.7 Å². The Morgan fingerprint density at radius 1 is 1.11 bits per heavy atom. The fraction of sp³-hybridized carbons (Fsp3) is 0.370. The van der Waals surface area contributed by atoms with E-state index in [9.17, 15) is 5.26 Å². The second-order valence-corrected chi connectivity index (χ2v) is 9.76. The van der Waals surface area contributed by atoms with Crippen molar-refractivity contribution in [1.29, 1.82) is 10.5 Å². The Kier molecular flexibility index (Phi) is 5.74. The molecule has 2 aliphatic rings. The number of nitriles is 2. The molecular weight excluding hydrogens is 466 g/mol. The van der Waals surface area contributed by atoms with Crippen molar-refractivity contribution < 1.29 is 4.74 Å². The van der Waals surface area contributed by atoms with Gasteiger partial charge < -0.3 is 9.64 Å². The van der Waals surface area contributed by atoms with E-state index in [1.807, 2.05) is 48.5 Å². The van der Waals surface area contributed by atoms with Gasteiger partial charge in [0, 0.05) is 61.4 Å². The van der Waals surface area contributed by atoms with Gasteiger partial charge in [-0.05, 0) is 38.5 Å². The van der Waals surface area contributed by atoms with Crippen LogP contribution in [0.2, 0.25) is 0 Å². The van der Waals surface area contributed by atoms with E-state index >= 15 is 0 Å². The van der Waals surface area contributed by atoms with Gasteiger partial charge in [-0.3, -0.25) is 14.6 Å². The second kappa shape index (κ2) is 9.23. The summed E-state index contributed by atoms with van der Waals surface area (Å²) in [5, 5.41) is 28.0. The Hall–Kier alpha value is -4.41. The van der Waals surface area contributed by atoms with E-state index in [1.54, 1.807) is 16.9 Å². The summed E-state index contributed by atoms with van der Waals surface area (Å²) >= 11 is 0. The van der Waals surface area contributed by atoms with Gasteiger partial charge in [0.2, 0.25) is 0 Å². The summed E-state index contributed by atoms with van der Waals surface area (Å²) in [5.74, 6) is 0.579. The highest BCUT2D eigenvalue weighted by Gasteiger charge is 2.37. The number of aromatic nitrogens is 5. The molecule has 10 nitrogen and oxygen atoms in total. The molecule has 2 fully saturated rings. The topological polar surface area (TPSA) is 111 Å². The fourth-order valence-corrected chi connectivity index (χ4v) is 5.42. The summed E-state index contributed by atoms with van der Waals surface area (Å²) < 4.78 is 10.2. The van der Waals surface area contributed by atoms with Crippen molar-refractivity contribution in [3.05, 3.63) is 66.0 Å². The summed E-state index contributed by atoms with van der Waals surface area (Å²) in [6, 6.07) is 10.7. The van der Waals surface area contributed by atoms with Crippen LogP contribution in [0.25, 0.3) is 16.6 Å². The molecule has 4 aromatic rings. The third-order valence-electron chi connectivity index (χ3n) is 7.52. The van der Waals surface area contributed by atoms with Crippen LogP contribution < -0.4 is 4.74 Å². The van der Waals surface area contributed by atoms with Crippen molar-refractivity contribution in [2.45, 2.75) is 38.5 Å². The zero-order valence-electron chi connectivity index (χ0n) is 20.8. The molecular formula is C27H27N9O. The summed E-state index contributed by atoms with van der Waals surface area (Å²) in [5.41, 5.74) is 4.90. The number of nitrogens with zero attached hydrogens (tertiary/aromatic N) is 9. The van der Waals surface area contributed by atoms with E-state index < -0.39 is 0 Å². The van der Waals surface area contributed by atoms with Gasteiger partial charge in [0.05, 0.1) is 24.1 Å². The van der Waals surface area contributed by atoms with Gasteiger partial charge >= 0.3 is 0 Å². The zero-order chi connectivity index (χ0) is 25.5. The first-order valence-electron chi connectivity index (χ1n) is 12.5. The fourth-order valence-electron chi connectivity index (χ4n) is 5.42. The molecule has 0 aliphatic carbocycles. The molecule has 6 heterocycles. The monoisotopic (exact) mass is 493 g/mol. The lowest BCUT2D eigenvalue weighted by Gasteiger charge is -2.43. The Morgan fingerprint density at radius 2 is 1.97 bits per heavy atom. The second-order valence-electron chi connectivity index (χ2n) is 9.76. The van der Waals surface area contributed by atoms with Gasteiger partial charge in [-0.25, -0.2) is 4.52 Å². The molecule has 0 saturated carbocycles. The lowest BCUT2D eigenvalue weighted by molar-refractivity contribution is 0.0568. The smallest absolute Gasteiger partial charge is 0.179 e. The Bertz CT molecular complexity index is 1520. The van der Waals surface area contributed by atoms with E-state index in [-0.39, 0.29) is 6.10 Å². The van der Waals surface area contributed by atoms with Crippen molar-refractivity contribution in [3.63, 3.8) is 0 Å². The number of likely N-dealkylation sites (tertiary alicyclic amines) is 2. The van der Waals surface area contributed by atoms with E-state index in [2.05, 4.69) is 38.9 Å². The number of hydrogen-bond acceptors (Lipinski definition) is 8. The highest BCUT2D eigenvalue weighted by atomic mass is 16.5. The van der Waals surface area contributed by atoms with E-state index in [0.717, 1.165) is 55.1 Å². The number of pyridine rings is 2. The lowest BCUT2D eigenvalue weighted by atomic mass is 10.0. The van der Waals surface area contributed by atoms with Gasteiger partial charge in [0.1, 0.15) is 29.0 Å². The van der Waals surface area contributed by atoms with Gasteiger partial charge in [-0.1, -0.05) is 6.07 Å². The first kappa shape index (κ1) is 23.0. The van der Waals surface area contributed by atoms with Crippen molar-refractivity contribution in [3.8, 4) is 29.1 Å². The summed E-state index contributed by atoms with van der Waals surface area (Å²) in [7, 11) is 0. The van der Waals surface area contributed by atoms with Crippen LogP contribution in [-0.2, 0) is 0 Å². The SMILES string of the molecule is Cc1c(-c2cc(O[C@H](C)c3ccccn3)c3c(C#N)cnn3c2)cnn1C1CN([C@@H]2CCN(C#N)C2)C1. The maximum Gasteiger partial charge on any atom is 0.179 e. The first-order valence-corrected chi connectivity index (χ1v) is 12.5. The molecule has 10 heteroatoms. The molecule has 2 atom stereocenters. The van der Waals surface area contributed by atoms with Crippen molar-refractivity contribution in [2.24, 2.45) is 0 Å². The van der Waals surface area contributed by atoms with Crippen LogP contribution in [0.15, 0.2) is 49.1 Å². The van der Waals surface area contributed by atoms with Crippen molar-refractivity contribution in [2.75, 3.05) is 26.2 Å². The largest absolute Gasteiger partial charge is 0.482 e. The van der Waals surface area contributed by atoms with Crippen LogP contribution in [0.3, 0.4) is 0 Å². The van der Waals surface area contributed by atoms with Crippen molar-refractivity contribution >= 4 is 5.52 Å². The van der Waals surface area contributed by atoms with Crippen LogP contribution in [0, 0.1) is 29.7 Å². The Balaban J connectivity index is 1.28. The molecule has 2 aliphatic heterocycles. The molecule has 6 rings (SSSR count). The van der Waals surface area contributed by atoms with E-state index in [4.69, 9.17) is 15.1 Å². The van der Waals surface area contributed by atoms with Gasteiger partial charge in [-0.15, -0.1) is 0 Å². The van der Waals surface area contributed by atoms with Crippen LogP contribution in [-0.4, -0.2) is 66.4 Å². The molecule has 0 N–H and O–H groups in total. The average molecular weight is 494 g/mol. The molecule has 4 aromatic heterocycles. The highest BCUT2D eigenvalue weighted by Crippen LogP contribution is 2.35. The van der Waals surface area contributed by atoms with Crippen LogP contribution in [0.5, 0.6) is 5.75 Å². The van der Waals surface area contributed by atoms with Gasteiger partial charge in [0.15, 0.2) is 6.19 Å². The maximum absolute atomic E-state index is 9.65. The molecule has 37 heavy (non-hydrogen) atoms. The Labute approximate surface area is 214 Å².